The zero-order valence-electron chi connectivity index (χ0n) is 14.6. The Morgan fingerprint density at radius 1 is 1.27 bits per heavy atom. The fourth-order valence-electron chi connectivity index (χ4n) is 1.98. The zero-order chi connectivity index (χ0) is 17.4. The Labute approximate surface area is 133 Å². The Bertz CT molecular complexity index is 342. The molecule has 22 heavy (non-hydrogen) atoms. The predicted molar refractivity (Wildman–Crippen MR) is 83.1 cm³/mol. The normalized spacial score (nSPS) is 21.0. The summed E-state index contributed by atoms with van der Waals surface area (Å²) >= 11 is 0. The molecule has 0 saturated heterocycles. The van der Waals surface area contributed by atoms with Gasteiger partial charge in [-0.25, -0.2) is 4.79 Å². The van der Waals surface area contributed by atoms with E-state index in [0.717, 1.165) is 30.4 Å². The molecule has 0 aromatic carbocycles. The third-order valence-corrected chi connectivity index (χ3v) is 3.07. The molecule has 0 heterocycles. The van der Waals surface area contributed by atoms with Crippen LogP contribution >= 0.6 is 0 Å². The van der Waals surface area contributed by atoms with Gasteiger partial charge in [0.25, 0.3) is 0 Å². The highest BCUT2D eigenvalue weighted by molar-refractivity contribution is 5.68. The van der Waals surface area contributed by atoms with Crippen molar-refractivity contribution in [2.45, 2.75) is 51.3 Å². The molecule has 0 unspecified atom stereocenters. The summed E-state index contributed by atoms with van der Waals surface area (Å²) in [6.45, 7) is 7.27. The minimum atomic E-state index is -0.500. The van der Waals surface area contributed by atoms with Crippen LogP contribution in [-0.2, 0) is 9.53 Å². The summed E-state index contributed by atoms with van der Waals surface area (Å²) in [7, 11) is 6.57. The second-order valence-electron chi connectivity index (χ2n) is 7.58. The summed E-state index contributed by atoms with van der Waals surface area (Å²) in [6.07, 6.45) is 1.69. The van der Waals surface area contributed by atoms with Gasteiger partial charge in [0.1, 0.15) is 5.60 Å². The topological polar surface area (TPSA) is 90.5 Å². The van der Waals surface area contributed by atoms with Crippen LogP contribution in [0.3, 0.4) is 0 Å². The van der Waals surface area contributed by atoms with Crippen molar-refractivity contribution in [1.82, 2.24) is 10.6 Å². The Hall–Kier alpha value is -1.34. The van der Waals surface area contributed by atoms with E-state index in [1.807, 2.05) is 20.8 Å². The third-order valence-electron chi connectivity index (χ3n) is 3.07. The van der Waals surface area contributed by atoms with Crippen LogP contribution < -0.4 is 15.7 Å². The van der Waals surface area contributed by atoms with E-state index in [9.17, 15) is 4.79 Å². The van der Waals surface area contributed by atoms with Crippen LogP contribution in [0.4, 0.5) is 4.79 Å². The molecule has 0 aliphatic heterocycles. The lowest BCUT2D eigenvalue weighted by Crippen LogP contribution is -2.54. The highest BCUT2D eigenvalue weighted by Crippen LogP contribution is 2.20. The average molecular weight is 317 g/mol. The number of carboxylic acid groups (broad SMARTS) is 1. The van der Waals surface area contributed by atoms with Gasteiger partial charge in [-0.2, -0.15) is 0 Å². The summed E-state index contributed by atoms with van der Waals surface area (Å²) in [5.74, 6) is 0. The van der Waals surface area contributed by atoms with Crippen LogP contribution in [0, 0.1) is 0 Å². The van der Waals surface area contributed by atoms with Crippen LogP contribution in [-0.4, -0.2) is 69.0 Å². The maximum Gasteiger partial charge on any atom is 0.407 e. The number of quaternary nitrogens is 1. The summed E-state index contributed by atoms with van der Waals surface area (Å²) in [6, 6.07) is 0.794. The van der Waals surface area contributed by atoms with Crippen LogP contribution in [0.1, 0.15) is 33.6 Å². The fraction of sp³-hybridized carbons (Fsp3) is 0.867. The van der Waals surface area contributed by atoms with Gasteiger partial charge in [0.2, 0.25) is 0 Å². The molecule has 0 radical (unpaired) electrons. The number of nitrogens with one attached hydrogen (secondary N) is 2. The van der Waals surface area contributed by atoms with Crippen LogP contribution in [0.15, 0.2) is 0 Å². The number of hydrogen-bond donors (Lipinski definition) is 2. The molecule has 1 amide bonds. The Kier molecular flexibility index (Phi) is 8.40. The predicted octanol–water partition coefficient (Wildman–Crippen LogP) is -0.296. The van der Waals surface area contributed by atoms with Gasteiger partial charge < -0.3 is 29.8 Å². The second kappa shape index (κ2) is 8.95. The Morgan fingerprint density at radius 2 is 1.77 bits per heavy atom. The lowest BCUT2D eigenvalue weighted by molar-refractivity contribution is -0.869. The SMILES string of the molecule is CC(C)(C)OC(=O)NC1CC(NCC[N+](C)(C)C)C1.O=C[O-]. The lowest BCUT2D eigenvalue weighted by atomic mass is 9.87. The number of hydrogen-bond acceptors (Lipinski definition) is 5. The molecule has 0 aromatic heterocycles. The largest absolute Gasteiger partial charge is 0.554 e. The number of likely N-dealkylation sites (N-methyl/N-ethyl adjacent to an activating group) is 1. The highest BCUT2D eigenvalue weighted by atomic mass is 16.6. The molecule has 1 aliphatic rings. The van der Waals surface area contributed by atoms with Crippen LogP contribution in [0.25, 0.3) is 0 Å². The number of carbonyl (C=O) groups is 2. The Balaban J connectivity index is 0.00000135. The van der Waals surface area contributed by atoms with E-state index in [0.29, 0.717) is 6.04 Å². The summed E-state index contributed by atoms with van der Waals surface area (Å²) < 4.78 is 6.20. The van der Waals surface area contributed by atoms with Gasteiger partial charge >= 0.3 is 6.09 Å². The molecule has 0 atom stereocenters. The van der Waals surface area contributed by atoms with Gasteiger partial charge in [-0.3, -0.25) is 0 Å². The number of alkyl carbamates (subject to hydrolysis) is 1. The molecule has 1 aliphatic carbocycles. The minimum Gasteiger partial charge on any atom is -0.554 e. The second-order valence-corrected chi connectivity index (χ2v) is 7.58. The van der Waals surface area contributed by atoms with Crippen molar-refractivity contribution in [1.29, 1.82) is 0 Å². The number of amides is 1. The molecule has 7 nitrogen and oxygen atoms in total. The molecular weight excluding hydrogens is 286 g/mol. The average Bonchev–Trinajstić information content (AvgIpc) is 2.22. The first kappa shape index (κ1) is 20.7. The smallest absolute Gasteiger partial charge is 0.407 e. The monoisotopic (exact) mass is 317 g/mol. The van der Waals surface area contributed by atoms with Crippen molar-refractivity contribution >= 4 is 12.6 Å². The van der Waals surface area contributed by atoms with Gasteiger partial charge in [-0.15, -0.1) is 0 Å². The lowest BCUT2D eigenvalue weighted by Gasteiger charge is -2.37. The summed E-state index contributed by atoms with van der Waals surface area (Å²) in [5, 5.41) is 14.7. The van der Waals surface area contributed by atoms with Crippen molar-refractivity contribution < 1.29 is 23.9 Å². The number of ether oxygens (including phenoxy) is 1. The maximum atomic E-state index is 11.6. The first-order valence-electron chi connectivity index (χ1n) is 7.56. The molecule has 0 aromatic rings. The quantitative estimate of drug-likeness (QED) is 0.537. The van der Waals surface area contributed by atoms with E-state index in [1.165, 1.54) is 0 Å². The van der Waals surface area contributed by atoms with Gasteiger partial charge in [0.15, 0.2) is 0 Å². The molecule has 0 bridgehead atoms. The minimum absolute atomic E-state index is 0.261. The standard InChI is InChI=1S/C14H29N3O2.CH2O2/c1-14(2,3)19-13(18)16-12-9-11(10-12)15-7-8-17(4,5)6;2-1-3/h11-12,15H,7-10H2,1-6H3;1H,(H,2,3). The van der Waals surface area contributed by atoms with E-state index in [2.05, 4.69) is 31.8 Å². The van der Waals surface area contributed by atoms with E-state index >= 15 is 0 Å². The molecule has 1 fully saturated rings. The third kappa shape index (κ3) is 11.3. The van der Waals surface area contributed by atoms with Crippen molar-refractivity contribution in [2.24, 2.45) is 0 Å². The molecule has 130 valence electrons. The van der Waals surface area contributed by atoms with E-state index in [1.54, 1.807) is 0 Å². The van der Waals surface area contributed by atoms with Crippen molar-refractivity contribution in [3.63, 3.8) is 0 Å². The van der Waals surface area contributed by atoms with E-state index in [4.69, 9.17) is 14.6 Å². The fourth-order valence-corrected chi connectivity index (χ4v) is 1.98. The summed E-state index contributed by atoms with van der Waals surface area (Å²) in [4.78, 5) is 19.8. The van der Waals surface area contributed by atoms with Gasteiger partial charge in [-0.1, -0.05) is 0 Å². The van der Waals surface area contributed by atoms with E-state index < -0.39 is 12.1 Å². The van der Waals surface area contributed by atoms with E-state index in [-0.39, 0.29) is 12.1 Å². The molecule has 1 rings (SSSR count). The van der Waals surface area contributed by atoms with Crippen molar-refractivity contribution in [2.75, 3.05) is 34.2 Å². The molecule has 0 spiro atoms. The number of nitrogens with zero attached hydrogens (tertiary/aromatic N) is 1. The van der Waals surface area contributed by atoms with Gasteiger partial charge in [0.05, 0.1) is 27.7 Å². The van der Waals surface area contributed by atoms with Crippen LogP contribution in [0.5, 0.6) is 0 Å². The van der Waals surface area contributed by atoms with Crippen molar-refractivity contribution in [3.8, 4) is 0 Å². The van der Waals surface area contributed by atoms with Gasteiger partial charge in [-0.05, 0) is 33.6 Å². The molecule has 1 saturated carbocycles. The number of carbonyl (C=O) groups excluding carboxylic acids is 2. The molecule has 7 heteroatoms. The molecule has 2 N–H and O–H groups in total. The first-order valence-corrected chi connectivity index (χ1v) is 7.56. The summed E-state index contributed by atoms with van der Waals surface area (Å²) in [5.41, 5.74) is -0.421. The van der Waals surface area contributed by atoms with Crippen LogP contribution in [0.2, 0.25) is 0 Å². The van der Waals surface area contributed by atoms with Crippen molar-refractivity contribution in [3.05, 3.63) is 0 Å². The maximum absolute atomic E-state index is 11.6. The van der Waals surface area contributed by atoms with Gasteiger partial charge in [0, 0.05) is 25.1 Å². The Morgan fingerprint density at radius 3 is 2.18 bits per heavy atom. The molecular formula is C15H31N3O4. The highest BCUT2D eigenvalue weighted by Gasteiger charge is 2.31. The number of rotatable bonds is 5. The zero-order valence-corrected chi connectivity index (χ0v) is 14.6. The first-order chi connectivity index (χ1) is 9.96.